The summed E-state index contributed by atoms with van der Waals surface area (Å²) in [6, 6.07) is 67.9. The van der Waals surface area contributed by atoms with Crippen LogP contribution in [0.1, 0.15) is 126 Å². The van der Waals surface area contributed by atoms with E-state index in [9.17, 15) is 0 Å². The van der Waals surface area contributed by atoms with Crippen LogP contribution in [-0.4, -0.2) is 0 Å². The molecule has 12 rings (SSSR count). The van der Waals surface area contributed by atoms with E-state index in [1.54, 1.807) is 0 Å². The Kier molecular flexibility index (Phi) is 8.88. The van der Waals surface area contributed by atoms with Crippen molar-refractivity contribution in [3.05, 3.63) is 220 Å². The van der Waals surface area contributed by atoms with Gasteiger partial charge in [0, 0.05) is 16.9 Å². The Morgan fingerprint density at radius 1 is 0.303 bits per heavy atom. The monoisotopic (exact) mass is 855 g/mol. The van der Waals surface area contributed by atoms with Crippen molar-refractivity contribution in [1.82, 2.24) is 0 Å². The average molecular weight is 856 g/mol. The molecule has 0 saturated carbocycles. The first-order chi connectivity index (χ1) is 31.7. The van der Waals surface area contributed by atoms with Gasteiger partial charge in [0.1, 0.15) is 0 Å². The van der Waals surface area contributed by atoms with Crippen molar-refractivity contribution in [2.45, 2.75) is 108 Å². The van der Waals surface area contributed by atoms with Gasteiger partial charge in [-0.1, -0.05) is 195 Å². The summed E-state index contributed by atoms with van der Waals surface area (Å²) in [4.78, 5) is 2.57. The van der Waals surface area contributed by atoms with Crippen molar-refractivity contribution in [3.63, 3.8) is 0 Å². The third-order valence-electron chi connectivity index (χ3n) is 16.8. The van der Waals surface area contributed by atoms with Crippen LogP contribution in [0.4, 0.5) is 17.1 Å². The fourth-order valence-electron chi connectivity index (χ4n) is 13.1. The number of fused-ring (bicyclic) bond motifs is 12. The van der Waals surface area contributed by atoms with E-state index in [0.29, 0.717) is 0 Å². The number of rotatable bonds is 5. The Bertz CT molecular complexity index is 3200. The molecule has 1 nitrogen and oxygen atoms in total. The molecular weight excluding hydrogens is 795 g/mol. The SMILES string of the molecule is CC1(C)CCC(C)(C)c2cc(N(c3ccccc3)c3cc4c(cc3-c3ccc(-c5cccc6c5C(C)(C)CCC6(C)C)cc3)-c3ccccc3C43c4ccccc4-c4ccccc43)ccc21. The first kappa shape index (κ1) is 41.0. The molecule has 0 radical (unpaired) electrons. The smallest absolute Gasteiger partial charge is 0.0726 e. The number of hydrogen-bond donors (Lipinski definition) is 0. The number of para-hydroxylation sites is 1. The Labute approximate surface area is 393 Å². The predicted octanol–water partition coefficient (Wildman–Crippen LogP) is 17.5. The quantitative estimate of drug-likeness (QED) is 0.167. The second-order valence-electron chi connectivity index (χ2n) is 22.5. The zero-order chi connectivity index (χ0) is 45.4. The lowest BCUT2D eigenvalue weighted by atomic mass is 9.61. The van der Waals surface area contributed by atoms with Crippen LogP contribution in [0.2, 0.25) is 0 Å². The van der Waals surface area contributed by atoms with Crippen molar-refractivity contribution < 1.29 is 0 Å². The minimum Gasteiger partial charge on any atom is -0.310 e. The standard InChI is InChI=1S/C65H61N/c1-61(2)35-36-63(5,6)58-39-45(33-34-55(58)61)66(44-19-10-9-11-20-44)59-41-57-51(49-23-14-17-27-54(49)65(57)52-25-15-12-21-47(52)48-22-13-16-26-53(48)65)40-50(59)43-31-29-42(30-32-43)46-24-18-28-56-60(46)64(7,8)38-37-62(56,3)4/h9-34,39-41H,35-38H2,1-8H3. The topological polar surface area (TPSA) is 3.24 Å². The van der Waals surface area contributed by atoms with Crippen LogP contribution in [0.5, 0.6) is 0 Å². The second-order valence-corrected chi connectivity index (χ2v) is 22.5. The summed E-state index contributed by atoms with van der Waals surface area (Å²) < 4.78 is 0. The van der Waals surface area contributed by atoms with Gasteiger partial charge >= 0.3 is 0 Å². The molecule has 0 bridgehead atoms. The molecule has 4 aliphatic rings. The van der Waals surface area contributed by atoms with Crippen molar-refractivity contribution >= 4 is 17.1 Å². The zero-order valence-electron chi connectivity index (χ0n) is 40.0. The molecule has 1 spiro atoms. The van der Waals surface area contributed by atoms with Crippen molar-refractivity contribution in [2.24, 2.45) is 0 Å². The van der Waals surface area contributed by atoms with E-state index in [2.05, 4.69) is 236 Å². The van der Waals surface area contributed by atoms with Crippen LogP contribution < -0.4 is 4.90 Å². The maximum absolute atomic E-state index is 2.59. The number of nitrogens with zero attached hydrogens (tertiary/aromatic N) is 1. The fraction of sp³-hybridized carbons (Fsp3) is 0.262. The molecule has 0 amide bonds. The van der Waals surface area contributed by atoms with Gasteiger partial charge in [0.2, 0.25) is 0 Å². The minimum atomic E-state index is -0.465. The van der Waals surface area contributed by atoms with Gasteiger partial charge < -0.3 is 4.90 Å². The van der Waals surface area contributed by atoms with Gasteiger partial charge in [-0.15, -0.1) is 0 Å². The molecule has 8 aromatic carbocycles. The van der Waals surface area contributed by atoms with Gasteiger partial charge in [-0.2, -0.15) is 0 Å². The van der Waals surface area contributed by atoms with E-state index < -0.39 is 5.41 Å². The first-order valence-electron chi connectivity index (χ1n) is 24.4. The summed E-state index contributed by atoms with van der Waals surface area (Å²) in [6.07, 6.45) is 4.74. The number of hydrogen-bond acceptors (Lipinski definition) is 1. The highest BCUT2D eigenvalue weighted by Gasteiger charge is 2.52. The molecule has 0 atom stereocenters. The largest absolute Gasteiger partial charge is 0.310 e. The molecule has 66 heavy (non-hydrogen) atoms. The van der Waals surface area contributed by atoms with Crippen molar-refractivity contribution in [2.75, 3.05) is 4.90 Å². The molecule has 0 aromatic heterocycles. The summed E-state index contributed by atoms with van der Waals surface area (Å²) in [6.45, 7) is 19.5. The second kappa shape index (κ2) is 14.3. The van der Waals surface area contributed by atoms with Crippen LogP contribution in [0.15, 0.2) is 176 Å². The maximum atomic E-state index is 2.59. The maximum Gasteiger partial charge on any atom is 0.0726 e. The Hall–Kier alpha value is -6.44. The number of anilines is 3. The third-order valence-corrected chi connectivity index (χ3v) is 16.8. The van der Waals surface area contributed by atoms with Crippen LogP contribution in [0.25, 0.3) is 44.5 Å². The molecule has 0 unspecified atom stereocenters. The Morgan fingerprint density at radius 3 is 1.38 bits per heavy atom. The molecule has 4 aliphatic carbocycles. The van der Waals surface area contributed by atoms with Gasteiger partial charge in [-0.25, -0.2) is 0 Å². The molecule has 0 N–H and O–H groups in total. The highest BCUT2D eigenvalue weighted by atomic mass is 15.1. The molecule has 8 aromatic rings. The lowest BCUT2D eigenvalue weighted by Crippen LogP contribution is -2.34. The molecule has 0 fully saturated rings. The molecule has 1 heteroatoms. The normalized spacial score (nSPS) is 18.1. The number of benzene rings is 8. The lowest BCUT2D eigenvalue weighted by molar-refractivity contribution is 0.332. The van der Waals surface area contributed by atoms with E-state index in [4.69, 9.17) is 0 Å². The summed E-state index contributed by atoms with van der Waals surface area (Å²) in [5, 5.41) is 0. The van der Waals surface area contributed by atoms with E-state index in [1.165, 1.54) is 120 Å². The summed E-state index contributed by atoms with van der Waals surface area (Å²) >= 11 is 0. The van der Waals surface area contributed by atoms with Crippen molar-refractivity contribution in [1.29, 1.82) is 0 Å². The lowest BCUT2D eigenvalue weighted by Gasteiger charge is -2.43. The average Bonchev–Trinajstić information content (AvgIpc) is 3.79. The van der Waals surface area contributed by atoms with Crippen molar-refractivity contribution in [3.8, 4) is 44.5 Å². The summed E-state index contributed by atoms with van der Waals surface area (Å²) in [7, 11) is 0. The van der Waals surface area contributed by atoms with Crippen LogP contribution in [-0.2, 0) is 27.1 Å². The molecule has 0 aliphatic heterocycles. The van der Waals surface area contributed by atoms with Gasteiger partial charge in [0.25, 0.3) is 0 Å². The van der Waals surface area contributed by atoms with Crippen LogP contribution in [0, 0.1) is 0 Å². The van der Waals surface area contributed by atoms with E-state index >= 15 is 0 Å². The van der Waals surface area contributed by atoms with Crippen LogP contribution in [0.3, 0.4) is 0 Å². The molecular formula is C65H61N. The highest BCUT2D eigenvalue weighted by molar-refractivity contribution is 6.00. The summed E-state index contributed by atoms with van der Waals surface area (Å²) in [5.41, 5.74) is 25.2. The first-order valence-corrected chi connectivity index (χ1v) is 24.4. The highest BCUT2D eigenvalue weighted by Crippen LogP contribution is 2.64. The Morgan fingerprint density at radius 2 is 0.773 bits per heavy atom. The third kappa shape index (κ3) is 5.84. The van der Waals surface area contributed by atoms with Gasteiger partial charge in [-0.3, -0.25) is 0 Å². The zero-order valence-corrected chi connectivity index (χ0v) is 40.0. The molecule has 326 valence electrons. The van der Waals surface area contributed by atoms with Gasteiger partial charge in [0.15, 0.2) is 0 Å². The molecule has 0 saturated heterocycles. The van der Waals surface area contributed by atoms with Gasteiger partial charge in [0.05, 0.1) is 11.1 Å². The van der Waals surface area contributed by atoms with E-state index in [1.807, 2.05) is 0 Å². The fourth-order valence-corrected chi connectivity index (χ4v) is 13.1. The van der Waals surface area contributed by atoms with E-state index in [0.717, 1.165) is 12.1 Å². The summed E-state index contributed by atoms with van der Waals surface area (Å²) in [5.74, 6) is 0. The Balaban J connectivity index is 1.14. The minimum absolute atomic E-state index is 0.0587. The van der Waals surface area contributed by atoms with E-state index in [-0.39, 0.29) is 21.7 Å². The van der Waals surface area contributed by atoms with Gasteiger partial charge in [-0.05, 0) is 167 Å². The van der Waals surface area contributed by atoms with Crippen LogP contribution >= 0.6 is 0 Å². The predicted molar refractivity (Wildman–Crippen MR) is 279 cm³/mol. The molecule has 0 heterocycles.